The van der Waals surface area contributed by atoms with Crippen molar-refractivity contribution in [3.63, 3.8) is 0 Å². The first kappa shape index (κ1) is 14.8. The Labute approximate surface area is 125 Å². The average Bonchev–Trinajstić information content (AvgIpc) is 2.45. The maximum atomic E-state index is 13.5. The van der Waals surface area contributed by atoms with Gasteiger partial charge in [-0.1, -0.05) is 12.8 Å². The average molecular weight is 312 g/mol. The fourth-order valence-corrected chi connectivity index (χ4v) is 5.57. The van der Waals surface area contributed by atoms with Gasteiger partial charge in [-0.3, -0.25) is 0 Å². The smallest absolute Gasteiger partial charge is 0.243 e. The summed E-state index contributed by atoms with van der Waals surface area (Å²) in [5, 5.41) is 0. The van der Waals surface area contributed by atoms with Crippen LogP contribution in [0.25, 0.3) is 0 Å². The predicted octanol–water partition coefficient (Wildman–Crippen LogP) is 2.75. The van der Waals surface area contributed by atoms with Gasteiger partial charge in [-0.2, -0.15) is 4.31 Å². The number of benzene rings is 1. The number of rotatable bonds is 2. The zero-order valence-electron chi connectivity index (χ0n) is 12.0. The van der Waals surface area contributed by atoms with Crippen LogP contribution in [-0.2, 0) is 10.0 Å². The van der Waals surface area contributed by atoms with Gasteiger partial charge in [0.15, 0.2) is 0 Å². The van der Waals surface area contributed by atoms with Crippen LogP contribution in [0, 0.1) is 11.7 Å². The molecular formula is C15H21FN2O2S. The second-order valence-electron chi connectivity index (χ2n) is 6.09. The van der Waals surface area contributed by atoms with Gasteiger partial charge >= 0.3 is 0 Å². The third kappa shape index (κ3) is 2.79. The molecule has 1 aliphatic carbocycles. The Hall–Kier alpha value is -1.14. The molecule has 1 aromatic carbocycles. The van der Waals surface area contributed by atoms with Crippen LogP contribution in [0.5, 0.6) is 0 Å². The van der Waals surface area contributed by atoms with E-state index in [4.69, 9.17) is 5.73 Å². The van der Waals surface area contributed by atoms with Crippen LogP contribution in [-0.4, -0.2) is 25.3 Å². The minimum absolute atomic E-state index is 0.0220. The molecule has 3 rings (SSSR count). The van der Waals surface area contributed by atoms with Crippen molar-refractivity contribution in [3.05, 3.63) is 24.0 Å². The molecule has 0 aromatic heterocycles. The molecule has 6 heteroatoms. The monoisotopic (exact) mass is 312 g/mol. The number of fused-ring (bicyclic) bond motifs is 1. The zero-order chi connectivity index (χ0) is 15.0. The summed E-state index contributed by atoms with van der Waals surface area (Å²) in [5.41, 5.74) is 5.74. The topological polar surface area (TPSA) is 63.4 Å². The van der Waals surface area contributed by atoms with Crippen LogP contribution in [0.15, 0.2) is 23.1 Å². The second-order valence-corrected chi connectivity index (χ2v) is 7.98. The van der Waals surface area contributed by atoms with E-state index in [0.717, 1.165) is 44.2 Å². The molecule has 116 valence electrons. The molecule has 2 N–H and O–H groups in total. The van der Waals surface area contributed by atoms with Crippen molar-refractivity contribution in [2.75, 3.05) is 12.3 Å². The first-order valence-electron chi connectivity index (χ1n) is 7.56. The van der Waals surface area contributed by atoms with Gasteiger partial charge in [0.2, 0.25) is 10.0 Å². The molecule has 1 heterocycles. The lowest BCUT2D eigenvalue weighted by atomic mass is 9.79. The highest BCUT2D eigenvalue weighted by molar-refractivity contribution is 7.89. The molecule has 21 heavy (non-hydrogen) atoms. The maximum Gasteiger partial charge on any atom is 0.243 e. The Morgan fingerprint density at radius 2 is 1.81 bits per heavy atom. The van der Waals surface area contributed by atoms with E-state index in [2.05, 4.69) is 0 Å². The molecule has 2 atom stereocenters. The molecule has 1 saturated carbocycles. The van der Waals surface area contributed by atoms with Crippen molar-refractivity contribution >= 4 is 15.7 Å². The number of sulfonamides is 1. The number of nitrogen functional groups attached to an aromatic ring is 1. The van der Waals surface area contributed by atoms with E-state index < -0.39 is 15.8 Å². The van der Waals surface area contributed by atoms with Crippen LogP contribution >= 0.6 is 0 Å². The van der Waals surface area contributed by atoms with Gasteiger partial charge in [-0.15, -0.1) is 0 Å². The van der Waals surface area contributed by atoms with Gasteiger partial charge < -0.3 is 5.73 Å². The fraction of sp³-hybridized carbons (Fsp3) is 0.600. The van der Waals surface area contributed by atoms with E-state index in [1.165, 1.54) is 12.5 Å². The molecule has 2 unspecified atom stereocenters. The number of anilines is 1. The third-order valence-electron chi connectivity index (χ3n) is 4.69. The predicted molar refractivity (Wildman–Crippen MR) is 79.7 cm³/mol. The first-order chi connectivity index (χ1) is 9.98. The van der Waals surface area contributed by atoms with Crippen molar-refractivity contribution in [1.82, 2.24) is 4.31 Å². The summed E-state index contributed by atoms with van der Waals surface area (Å²) in [6, 6.07) is 3.63. The van der Waals surface area contributed by atoms with Gasteiger partial charge in [0.1, 0.15) is 5.82 Å². The summed E-state index contributed by atoms with van der Waals surface area (Å²) in [6.45, 7) is 0.528. The van der Waals surface area contributed by atoms with Crippen LogP contribution in [0.3, 0.4) is 0 Å². The normalized spacial score (nSPS) is 27.3. The fourth-order valence-electron chi connectivity index (χ4n) is 3.75. The third-order valence-corrected chi connectivity index (χ3v) is 6.59. The largest absolute Gasteiger partial charge is 0.399 e. The Balaban J connectivity index is 1.96. The van der Waals surface area contributed by atoms with E-state index in [1.54, 1.807) is 4.31 Å². The number of hydrogen-bond acceptors (Lipinski definition) is 3. The number of nitrogens with zero attached hydrogens (tertiary/aromatic N) is 1. The highest BCUT2D eigenvalue weighted by Crippen LogP contribution is 2.38. The molecular weight excluding hydrogens is 291 g/mol. The van der Waals surface area contributed by atoms with Crippen molar-refractivity contribution in [2.24, 2.45) is 5.92 Å². The molecule has 0 amide bonds. The standard InChI is InChI=1S/C15H21FN2O2S/c16-12-8-13(17)10-14(9-12)21(19,20)18-7-3-5-11-4-1-2-6-15(11)18/h8-11,15H,1-7,17H2. The zero-order valence-corrected chi connectivity index (χ0v) is 12.8. The van der Waals surface area contributed by atoms with Crippen LogP contribution in [0.2, 0.25) is 0 Å². The first-order valence-corrected chi connectivity index (χ1v) is 9.00. The molecule has 0 bridgehead atoms. The number of piperidine rings is 1. The lowest BCUT2D eigenvalue weighted by Crippen LogP contribution is -2.49. The Morgan fingerprint density at radius 1 is 1.10 bits per heavy atom. The van der Waals surface area contributed by atoms with Gasteiger partial charge in [-0.05, 0) is 49.8 Å². The molecule has 2 aliphatic rings. The lowest BCUT2D eigenvalue weighted by molar-refractivity contribution is 0.129. The van der Waals surface area contributed by atoms with Crippen molar-refractivity contribution in [3.8, 4) is 0 Å². The summed E-state index contributed by atoms with van der Waals surface area (Å²) < 4.78 is 40.8. The molecule has 1 aromatic rings. The highest BCUT2D eigenvalue weighted by Gasteiger charge is 2.40. The number of halogens is 1. The Bertz CT molecular complexity index is 610. The molecule has 2 fully saturated rings. The Kier molecular flexibility index (Phi) is 3.92. The number of hydrogen-bond donors (Lipinski definition) is 1. The number of nitrogens with two attached hydrogens (primary N) is 1. The van der Waals surface area contributed by atoms with Gasteiger partial charge in [0, 0.05) is 18.3 Å². The Morgan fingerprint density at radius 3 is 2.57 bits per heavy atom. The summed E-state index contributed by atoms with van der Waals surface area (Å²) in [5.74, 6) is -0.154. The van der Waals surface area contributed by atoms with Crippen LogP contribution < -0.4 is 5.73 Å². The van der Waals surface area contributed by atoms with Crippen LogP contribution in [0.4, 0.5) is 10.1 Å². The van der Waals surface area contributed by atoms with Crippen molar-refractivity contribution in [2.45, 2.75) is 49.5 Å². The molecule has 0 spiro atoms. The van der Waals surface area contributed by atoms with Gasteiger partial charge in [0.25, 0.3) is 0 Å². The minimum atomic E-state index is -3.66. The van der Waals surface area contributed by atoms with E-state index in [1.807, 2.05) is 0 Å². The van der Waals surface area contributed by atoms with E-state index in [-0.39, 0.29) is 16.6 Å². The molecule has 1 aliphatic heterocycles. The van der Waals surface area contributed by atoms with Crippen LogP contribution in [0.1, 0.15) is 38.5 Å². The van der Waals surface area contributed by atoms with Crippen molar-refractivity contribution in [1.29, 1.82) is 0 Å². The van der Waals surface area contributed by atoms with Crippen molar-refractivity contribution < 1.29 is 12.8 Å². The van der Waals surface area contributed by atoms with E-state index >= 15 is 0 Å². The molecule has 0 radical (unpaired) electrons. The highest BCUT2D eigenvalue weighted by atomic mass is 32.2. The quantitative estimate of drug-likeness (QED) is 0.854. The summed E-state index contributed by atoms with van der Waals surface area (Å²) >= 11 is 0. The van der Waals surface area contributed by atoms with Gasteiger partial charge in [0.05, 0.1) is 4.90 Å². The summed E-state index contributed by atoms with van der Waals surface area (Å²) in [4.78, 5) is -0.0220. The lowest BCUT2D eigenvalue weighted by Gasteiger charge is -2.43. The molecule has 4 nitrogen and oxygen atoms in total. The summed E-state index contributed by atoms with van der Waals surface area (Å²) in [6.07, 6.45) is 6.24. The minimum Gasteiger partial charge on any atom is -0.399 e. The molecule has 1 saturated heterocycles. The van der Waals surface area contributed by atoms with E-state index in [0.29, 0.717) is 12.5 Å². The van der Waals surface area contributed by atoms with Gasteiger partial charge in [-0.25, -0.2) is 12.8 Å². The summed E-state index contributed by atoms with van der Waals surface area (Å²) in [7, 11) is -3.66. The second kappa shape index (κ2) is 5.57. The van der Waals surface area contributed by atoms with E-state index in [9.17, 15) is 12.8 Å². The SMILES string of the molecule is Nc1cc(F)cc(S(=O)(=O)N2CCCC3CCCCC32)c1. The maximum absolute atomic E-state index is 13.5.